The Bertz CT molecular complexity index is 604. The second-order valence-electron chi connectivity index (χ2n) is 4.76. The van der Waals surface area contributed by atoms with E-state index in [1.54, 1.807) is 0 Å². The summed E-state index contributed by atoms with van der Waals surface area (Å²) >= 11 is 0. The number of carbonyl (C=O) groups is 1. The number of hydrogen-bond acceptors (Lipinski definition) is 1. The smallest absolute Gasteiger partial charge is 0.252 e. The Hall–Kier alpha value is -2.35. The lowest BCUT2D eigenvalue weighted by Crippen LogP contribution is -2.47. The molecule has 2 aromatic carbocycles. The van der Waals surface area contributed by atoms with E-state index >= 15 is 0 Å². The van der Waals surface area contributed by atoms with Crippen molar-refractivity contribution < 1.29 is 4.79 Å². The molecule has 2 nitrogen and oxygen atoms in total. The van der Waals surface area contributed by atoms with Gasteiger partial charge in [-0.05, 0) is 11.1 Å². The number of carbonyl (C=O) groups excluding carboxylic acids is 1. The van der Waals surface area contributed by atoms with Gasteiger partial charge in [-0.3, -0.25) is 4.79 Å². The molecule has 1 saturated heterocycles. The van der Waals surface area contributed by atoms with Gasteiger partial charge in [0.15, 0.2) is 0 Å². The van der Waals surface area contributed by atoms with Gasteiger partial charge in [0.1, 0.15) is 0 Å². The van der Waals surface area contributed by atoms with Crippen molar-refractivity contribution in [3.05, 3.63) is 83.9 Å². The molecule has 1 aliphatic rings. The number of nitrogens with zero attached hydrogens (tertiary/aromatic N) is 1. The Morgan fingerprint density at radius 1 is 0.947 bits per heavy atom. The lowest BCUT2D eigenvalue weighted by molar-refractivity contribution is -0.138. The van der Waals surface area contributed by atoms with Gasteiger partial charge in [0.05, 0.1) is 6.04 Å². The minimum absolute atomic E-state index is 0.0221. The van der Waals surface area contributed by atoms with Gasteiger partial charge in [0, 0.05) is 12.1 Å². The topological polar surface area (TPSA) is 20.3 Å². The molecule has 0 aromatic heterocycles. The van der Waals surface area contributed by atoms with Crippen LogP contribution in [0.15, 0.2) is 72.8 Å². The van der Waals surface area contributed by atoms with Crippen LogP contribution in [0.1, 0.15) is 17.2 Å². The highest BCUT2D eigenvalue weighted by Crippen LogP contribution is 2.39. The SMILES string of the molecule is C=C1C(=O)N(Cc2ccccc2)C1c1ccccc1. The average Bonchev–Trinajstić information content (AvgIpc) is 2.48. The van der Waals surface area contributed by atoms with Crippen molar-refractivity contribution >= 4 is 5.91 Å². The highest BCUT2D eigenvalue weighted by atomic mass is 16.2. The molecule has 1 amide bonds. The van der Waals surface area contributed by atoms with Crippen LogP contribution in [0, 0.1) is 0 Å². The molecule has 0 bridgehead atoms. The van der Waals surface area contributed by atoms with E-state index in [2.05, 4.69) is 6.58 Å². The van der Waals surface area contributed by atoms with Crippen LogP contribution in [0.2, 0.25) is 0 Å². The number of β-lactam (4-membered cyclic amide) rings is 1. The van der Waals surface area contributed by atoms with Gasteiger partial charge >= 0.3 is 0 Å². The van der Waals surface area contributed by atoms with Crippen molar-refractivity contribution in [2.45, 2.75) is 12.6 Å². The predicted molar refractivity (Wildman–Crippen MR) is 75.3 cm³/mol. The van der Waals surface area contributed by atoms with Gasteiger partial charge in [-0.15, -0.1) is 0 Å². The molecule has 0 aliphatic carbocycles. The van der Waals surface area contributed by atoms with E-state index in [0.717, 1.165) is 11.1 Å². The van der Waals surface area contributed by atoms with Crippen LogP contribution in [0.3, 0.4) is 0 Å². The summed E-state index contributed by atoms with van der Waals surface area (Å²) in [7, 11) is 0. The molecule has 2 aromatic rings. The fraction of sp³-hybridized carbons (Fsp3) is 0.118. The molecule has 1 heterocycles. The molecule has 1 atom stereocenters. The lowest BCUT2D eigenvalue weighted by Gasteiger charge is -2.42. The summed E-state index contributed by atoms with van der Waals surface area (Å²) in [5.74, 6) is 0.0534. The zero-order chi connectivity index (χ0) is 13.2. The van der Waals surface area contributed by atoms with E-state index in [1.165, 1.54) is 0 Å². The van der Waals surface area contributed by atoms with Gasteiger partial charge in [0.2, 0.25) is 0 Å². The van der Waals surface area contributed by atoms with Crippen LogP contribution >= 0.6 is 0 Å². The summed E-state index contributed by atoms with van der Waals surface area (Å²) in [6, 6.07) is 20.1. The first-order valence-electron chi connectivity index (χ1n) is 6.36. The summed E-state index contributed by atoms with van der Waals surface area (Å²) in [5, 5.41) is 0. The zero-order valence-electron chi connectivity index (χ0n) is 10.6. The second-order valence-corrected chi connectivity index (χ2v) is 4.76. The molecule has 94 valence electrons. The Kier molecular flexibility index (Phi) is 2.92. The van der Waals surface area contributed by atoms with Crippen LogP contribution in [-0.2, 0) is 11.3 Å². The molecule has 1 aliphatic heterocycles. The second kappa shape index (κ2) is 4.73. The first-order valence-corrected chi connectivity index (χ1v) is 6.36. The summed E-state index contributed by atoms with van der Waals surface area (Å²) in [6.45, 7) is 4.54. The maximum Gasteiger partial charge on any atom is 0.252 e. The largest absolute Gasteiger partial charge is 0.323 e. The van der Waals surface area contributed by atoms with E-state index in [-0.39, 0.29) is 11.9 Å². The number of rotatable bonds is 3. The monoisotopic (exact) mass is 249 g/mol. The summed E-state index contributed by atoms with van der Waals surface area (Å²) in [6.07, 6.45) is 0. The van der Waals surface area contributed by atoms with Gasteiger partial charge in [-0.1, -0.05) is 67.2 Å². The van der Waals surface area contributed by atoms with Crippen LogP contribution in [0.25, 0.3) is 0 Å². The number of likely N-dealkylation sites (tertiary alicyclic amines) is 1. The van der Waals surface area contributed by atoms with E-state index in [0.29, 0.717) is 12.1 Å². The van der Waals surface area contributed by atoms with Gasteiger partial charge < -0.3 is 4.90 Å². The molecule has 1 fully saturated rings. The number of hydrogen-bond donors (Lipinski definition) is 0. The highest BCUT2D eigenvalue weighted by molar-refractivity contribution is 6.01. The molecule has 0 radical (unpaired) electrons. The van der Waals surface area contributed by atoms with Crippen LogP contribution < -0.4 is 0 Å². The van der Waals surface area contributed by atoms with E-state index in [4.69, 9.17) is 0 Å². The molecular formula is C17H15NO. The normalized spacial score (nSPS) is 18.3. The van der Waals surface area contributed by atoms with Crippen LogP contribution in [0.4, 0.5) is 0 Å². The van der Waals surface area contributed by atoms with Gasteiger partial charge in [0.25, 0.3) is 5.91 Å². The van der Waals surface area contributed by atoms with Crippen LogP contribution in [-0.4, -0.2) is 10.8 Å². The molecule has 0 spiro atoms. The van der Waals surface area contributed by atoms with Crippen molar-refractivity contribution in [1.82, 2.24) is 4.90 Å². The minimum atomic E-state index is 0.0221. The van der Waals surface area contributed by atoms with E-state index in [1.807, 2.05) is 65.6 Å². The third-order valence-corrected chi connectivity index (χ3v) is 3.49. The van der Waals surface area contributed by atoms with Crippen molar-refractivity contribution in [2.75, 3.05) is 0 Å². The van der Waals surface area contributed by atoms with Crippen molar-refractivity contribution in [3.8, 4) is 0 Å². The highest BCUT2D eigenvalue weighted by Gasteiger charge is 2.41. The Morgan fingerprint density at radius 3 is 2.16 bits per heavy atom. The Morgan fingerprint density at radius 2 is 1.53 bits per heavy atom. The standard InChI is InChI=1S/C17H15NO/c1-13-16(15-10-6-3-7-11-15)18(17(13)19)12-14-8-4-2-5-9-14/h2-11,16H,1,12H2. The van der Waals surface area contributed by atoms with Crippen molar-refractivity contribution in [3.63, 3.8) is 0 Å². The molecule has 0 saturated carbocycles. The third-order valence-electron chi connectivity index (χ3n) is 3.49. The van der Waals surface area contributed by atoms with Crippen molar-refractivity contribution in [2.24, 2.45) is 0 Å². The van der Waals surface area contributed by atoms with Crippen LogP contribution in [0.5, 0.6) is 0 Å². The molecule has 1 unspecified atom stereocenters. The molecule has 0 N–H and O–H groups in total. The molecule has 19 heavy (non-hydrogen) atoms. The maximum atomic E-state index is 12.0. The number of benzene rings is 2. The fourth-order valence-corrected chi connectivity index (χ4v) is 2.50. The molecule has 2 heteroatoms. The maximum absolute atomic E-state index is 12.0. The van der Waals surface area contributed by atoms with Gasteiger partial charge in [-0.2, -0.15) is 0 Å². The van der Waals surface area contributed by atoms with Crippen molar-refractivity contribution in [1.29, 1.82) is 0 Å². The first-order chi connectivity index (χ1) is 9.27. The molecule has 3 rings (SSSR count). The summed E-state index contributed by atoms with van der Waals surface area (Å²) < 4.78 is 0. The predicted octanol–water partition coefficient (Wildman–Crippen LogP) is 3.33. The average molecular weight is 249 g/mol. The lowest BCUT2D eigenvalue weighted by atomic mass is 9.89. The summed E-state index contributed by atoms with van der Waals surface area (Å²) in [5.41, 5.74) is 2.95. The molecular weight excluding hydrogens is 234 g/mol. The van der Waals surface area contributed by atoms with Gasteiger partial charge in [-0.25, -0.2) is 0 Å². The quantitative estimate of drug-likeness (QED) is 0.603. The Balaban J connectivity index is 1.84. The fourth-order valence-electron chi connectivity index (χ4n) is 2.50. The third kappa shape index (κ3) is 2.06. The van der Waals surface area contributed by atoms with E-state index in [9.17, 15) is 4.79 Å². The minimum Gasteiger partial charge on any atom is -0.323 e. The summed E-state index contributed by atoms with van der Waals surface area (Å²) in [4.78, 5) is 13.8. The van der Waals surface area contributed by atoms with E-state index < -0.39 is 0 Å². The number of amides is 1. The first kappa shape index (κ1) is 11.7. The zero-order valence-corrected chi connectivity index (χ0v) is 10.6. The Labute approximate surface area is 113 Å².